The Morgan fingerprint density at radius 1 is 1.27 bits per heavy atom. The van der Waals surface area contributed by atoms with Gasteiger partial charge in [0.1, 0.15) is 0 Å². The lowest BCUT2D eigenvalue weighted by atomic mass is 10.2. The molecule has 2 heterocycles. The van der Waals surface area contributed by atoms with Gasteiger partial charge in [-0.05, 0) is 18.6 Å². The summed E-state index contributed by atoms with van der Waals surface area (Å²) in [7, 11) is 0. The van der Waals surface area contributed by atoms with Crippen molar-refractivity contribution in [2.24, 2.45) is 0 Å². The molecule has 0 spiro atoms. The zero-order valence-electron chi connectivity index (χ0n) is 6.26. The van der Waals surface area contributed by atoms with Crippen molar-refractivity contribution in [1.29, 1.82) is 0 Å². The molecule has 0 atom stereocenters. The molecule has 2 N–H and O–H groups in total. The molecule has 0 saturated carbocycles. The van der Waals surface area contributed by atoms with E-state index in [1.54, 1.807) is 0 Å². The third kappa shape index (κ3) is 0.941. The van der Waals surface area contributed by atoms with Crippen molar-refractivity contribution in [1.82, 2.24) is 15.8 Å². The molecular formula is C8H9N3. The molecule has 0 amide bonds. The normalized spacial score (nSPS) is 13.2. The van der Waals surface area contributed by atoms with E-state index in [1.165, 1.54) is 5.56 Å². The summed E-state index contributed by atoms with van der Waals surface area (Å²) in [5.74, 6) is 0. The van der Waals surface area contributed by atoms with Gasteiger partial charge in [-0.3, -0.25) is 4.98 Å². The number of nitrogens with zero attached hydrogens (tertiary/aromatic N) is 1. The van der Waals surface area contributed by atoms with Crippen LogP contribution in [0.15, 0.2) is 12.3 Å². The van der Waals surface area contributed by atoms with E-state index in [4.69, 9.17) is 0 Å². The molecular weight excluding hydrogens is 138 g/mol. The van der Waals surface area contributed by atoms with Crippen LogP contribution in [0.4, 0.5) is 0 Å². The fraction of sp³-hybridized carbons (Fsp3) is 0.125. The van der Waals surface area contributed by atoms with Crippen LogP contribution in [0.1, 0.15) is 5.56 Å². The van der Waals surface area contributed by atoms with E-state index in [0.29, 0.717) is 0 Å². The number of aromatic nitrogens is 1. The highest BCUT2D eigenvalue weighted by molar-refractivity contribution is 5.34. The van der Waals surface area contributed by atoms with Crippen LogP contribution >= 0.6 is 0 Å². The minimum atomic E-state index is 0.990. The number of nitrogens with one attached hydrogen (secondary N) is 2. The summed E-state index contributed by atoms with van der Waals surface area (Å²) in [6.45, 7) is 2.07. The van der Waals surface area contributed by atoms with E-state index in [-0.39, 0.29) is 0 Å². The van der Waals surface area contributed by atoms with Crippen LogP contribution in [0.25, 0.3) is 12.4 Å². The van der Waals surface area contributed by atoms with Crippen molar-refractivity contribution in [3.8, 4) is 0 Å². The molecule has 1 aromatic heterocycles. The second kappa shape index (κ2) is 2.27. The molecule has 1 aromatic rings. The molecule has 56 valence electrons. The summed E-state index contributed by atoms with van der Waals surface area (Å²) in [6, 6.07) is 2.00. The summed E-state index contributed by atoms with van der Waals surface area (Å²) in [6.07, 6.45) is 5.57. The predicted molar refractivity (Wildman–Crippen MR) is 43.4 cm³/mol. The number of fused-ring (bicyclic) bond motifs is 1. The topological polar surface area (TPSA) is 37.0 Å². The van der Waals surface area contributed by atoms with Gasteiger partial charge in [0.2, 0.25) is 0 Å². The number of hydrogen-bond acceptors (Lipinski definition) is 3. The highest BCUT2D eigenvalue weighted by atomic mass is 15.3. The molecule has 1 aliphatic rings. The molecule has 0 aromatic carbocycles. The third-order valence-corrected chi connectivity index (χ3v) is 1.75. The fourth-order valence-corrected chi connectivity index (χ4v) is 1.12. The number of hydrazine groups is 1. The Kier molecular flexibility index (Phi) is 1.28. The first-order chi connectivity index (χ1) is 5.38. The van der Waals surface area contributed by atoms with E-state index in [0.717, 1.165) is 10.6 Å². The van der Waals surface area contributed by atoms with Crippen molar-refractivity contribution in [3.05, 3.63) is 28.4 Å². The van der Waals surface area contributed by atoms with Crippen LogP contribution < -0.4 is 21.4 Å². The lowest BCUT2D eigenvalue weighted by Crippen LogP contribution is -2.41. The Hall–Kier alpha value is -1.51. The molecule has 11 heavy (non-hydrogen) atoms. The molecule has 0 fully saturated rings. The van der Waals surface area contributed by atoms with Gasteiger partial charge < -0.3 is 10.9 Å². The lowest BCUT2D eigenvalue weighted by molar-refractivity contribution is 0.834. The van der Waals surface area contributed by atoms with Gasteiger partial charge in [0.15, 0.2) is 0 Å². The van der Waals surface area contributed by atoms with Crippen LogP contribution in [-0.4, -0.2) is 4.98 Å². The van der Waals surface area contributed by atoms with Gasteiger partial charge in [-0.15, -0.1) is 0 Å². The van der Waals surface area contributed by atoms with Crippen molar-refractivity contribution in [3.63, 3.8) is 0 Å². The van der Waals surface area contributed by atoms with Crippen LogP contribution in [0.5, 0.6) is 0 Å². The van der Waals surface area contributed by atoms with E-state index < -0.39 is 0 Å². The Morgan fingerprint density at radius 3 is 2.91 bits per heavy atom. The summed E-state index contributed by atoms with van der Waals surface area (Å²) in [5.41, 5.74) is 7.02. The average Bonchev–Trinajstić information content (AvgIpc) is 2.06. The van der Waals surface area contributed by atoms with Crippen LogP contribution in [0.2, 0.25) is 0 Å². The Labute approximate surface area is 64.4 Å². The molecule has 0 bridgehead atoms. The van der Waals surface area contributed by atoms with Gasteiger partial charge in [0.25, 0.3) is 0 Å². The summed E-state index contributed by atoms with van der Waals surface area (Å²) in [5, 5.41) is 2.15. The van der Waals surface area contributed by atoms with E-state index in [9.17, 15) is 0 Å². The molecule has 3 nitrogen and oxygen atoms in total. The monoisotopic (exact) mass is 147 g/mol. The Bertz CT molecular complexity index is 381. The Morgan fingerprint density at radius 2 is 2.09 bits per heavy atom. The summed E-state index contributed by atoms with van der Waals surface area (Å²) >= 11 is 0. The van der Waals surface area contributed by atoms with Crippen LogP contribution in [0, 0.1) is 6.92 Å². The van der Waals surface area contributed by atoms with Crippen LogP contribution in [-0.2, 0) is 0 Å². The molecule has 1 aliphatic heterocycles. The van der Waals surface area contributed by atoms with Crippen molar-refractivity contribution in [2.75, 3.05) is 0 Å². The SMILES string of the molecule is Cc1ccnc2c1=CNNC=2. The number of hydrogen-bond donors (Lipinski definition) is 2. The first kappa shape index (κ1) is 6.22. The minimum absolute atomic E-state index is 0.990. The predicted octanol–water partition coefficient (Wildman–Crippen LogP) is -1.03. The molecule has 3 heteroatoms. The van der Waals surface area contributed by atoms with Gasteiger partial charge in [-0.25, -0.2) is 0 Å². The standard InChI is InChI=1S/C8H9N3/c1-6-2-3-9-8-5-11-10-4-7(6)8/h2-5,10-11H,1H3. The fourth-order valence-electron chi connectivity index (χ4n) is 1.12. The maximum absolute atomic E-state index is 4.19. The maximum atomic E-state index is 4.19. The van der Waals surface area contributed by atoms with Crippen LogP contribution in [0.3, 0.4) is 0 Å². The van der Waals surface area contributed by atoms with Crippen molar-refractivity contribution in [2.45, 2.75) is 6.92 Å². The van der Waals surface area contributed by atoms with Crippen molar-refractivity contribution >= 4 is 12.4 Å². The second-order valence-corrected chi connectivity index (χ2v) is 2.50. The zero-order chi connectivity index (χ0) is 7.68. The first-order valence-electron chi connectivity index (χ1n) is 3.51. The maximum Gasteiger partial charge on any atom is 0.0895 e. The Balaban J connectivity index is 2.88. The van der Waals surface area contributed by atoms with Crippen molar-refractivity contribution < 1.29 is 0 Å². The molecule has 0 radical (unpaired) electrons. The number of rotatable bonds is 0. The largest absolute Gasteiger partial charge is 0.308 e. The molecule has 0 unspecified atom stereocenters. The second-order valence-electron chi connectivity index (χ2n) is 2.50. The molecule has 2 rings (SSSR count). The van der Waals surface area contributed by atoms with E-state index in [2.05, 4.69) is 22.8 Å². The lowest BCUT2D eigenvalue weighted by Gasteiger charge is -2.05. The smallest absolute Gasteiger partial charge is 0.0895 e. The molecule has 0 saturated heterocycles. The van der Waals surface area contributed by atoms with Gasteiger partial charge >= 0.3 is 0 Å². The third-order valence-electron chi connectivity index (χ3n) is 1.75. The van der Waals surface area contributed by atoms with Gasteiger partial charge in [-0.2, -0.15) is 0 Å². The number of aryl methyl sites for hydroxylation is 1. The van der Waals surface area contributed by atoms with E-state index in [1.807, 2.05) is 24.7 Å². The average molecular weight is 147 g/mol. The summed E-state index contributed by atoms with van der Waals surface area (Å²) in [4.78, 5) is 4.19. The van der Waals surface area contributed by atoms with Gasteiger partial charge in [0, 0.05) is 23.8 Å². The minimum Gasteiger partial charge on any atom is -0.308 e. The van der Waals surface area contributed by atoms with Gasteiger partial charge in [-0.1, -0.05) is 0 Å². The highest BCUT2D eigenvalue weighted by Gasteiger charge is 1.93. The number of pyridine rings is 1. The summed E-state index contributed by atoms with van der Waals surface area (Å²) < 4.78 is 0. The van der Waals surface area contributed by atoms with E-state index >= 15 is 0 Å². The first-order valence-corrected chi connectivity index (χ1v) is 3.51. The quantitative estimate of drug-likeness (QED) is 0.493. The zero-order valence-corrected chi connectivity index (χ0v) is 6.26. The highest BCUT2D eigenvalue weighted by Crippen LogP contribution is 1.80. The molecule has 0 aliphatic carbocycles. The van der Waals surface area contributed by atoms with Gasteiger partial charge in [0.05, 0.1) is 5.35 Å².